The number of hydrogen-bond acceptors (Lipinski definition) is 3. The summed E-state index contributed by atoms with van der Waals surface area (Å²) in [5.41, 5.74) is 2.84. The smallest absolute Gasteiger partial charge is 0.310 e. The molecule has 0 saturated carbocycles. The summed E-state index contributed by atoms with van der Waals surface area (Å²) >= 11 is 1.67. The molecule has 1 atom stereocenters. The van der Waals surface area contributed by atoms with Gasteiger partial charge in [-0.2, -0.15) is 0 Å². The minimum atomic E-state index is -0.819. The lowest BCUT2D eigenvalue weighted by Crippen LogP contribution is -2.07. The molecule has 0 aromatic heterocycles. The van der Waals surface area contributed by atoms with Crippen molar-refractivity contribution < 1.29 is 14.6 Å². The van der Waals surface area contributed by atoms with E-state index in [1.54, 1.807) is 25.8 Å². The Bertz CT molecular complexity index is 765. The summed E-state index contributed by atoms with van der Waals surface area (Å²) in [7, 11) is 1.65. The van der Waals surface area contributed by atoms with Gasteiger partial charge in [0, 0.05) is 15.4 Å². The molecule has 3 nitrogen and oxygen atoms in total. The molecule has 0 aliphatic carbocycles. The Morgan fingerprint density at radius 2 is 1.95 bits per heavy atom. The molecule has 1 aliphatic heterocycles. The molecule has 0 fully saturated rings. The van der Waals surface area contributed by atoms with E-state index in [0.29, 0.717) is 0 Å². The second kappa shape index (κ2) is 5.89. The van der Waals surface area contributed by atoms with Crippen molar-refractivity contribution in [3.05, 3.63) is 59.2 Å². The Kier molecular flexibility index (Phi) is 3.94. The Morgan fingerprint density at radius 1 is 1.18 bits per heavy atom. The predicted octanol–water partition coefficient (Wildman–Crippen LogP) is 4.48. The normalized spacial score (nSPS) is 14.2. The highest BCUT2D eigenvalue weighted by atomic mass is 32.2. The second-order valence-electron chi connectivity index (χ2n) is 5.17. The molecule has 0 radical (unpaired) electrons. The molecular formula is C18H16O3S. The van der Waals surface area contributed by atoms with Gasteiger partial charge in [0.15, 0.2) is 0 Å². The molecule has 2 aromatic rings. The van der Waals surface area contributed by atoms with Gasteiger partial charge in [0.2, 0.25) is 0 Å². The molecule has 22 heavy (non-hydrogen) atoms. The van der Waals surface area contributed by atoms with Gasteiger partial charge in [-0.25, -0.2) is 0 Å². The van der Waals surface area contributed by atoms with Crippen molar-refractivity contribution in [2.24, 2.45) is 0 Å². The van der Waals surface area contributed by atoms with Gasteiger partial charge in [0.25, 0.3) is 0 Å². The van der Waals surface area contributed by atoms with E-state index in [4.69, 9.17) is 4.74 Å². The highest BCUT2D eigenvalue weighted by molar-refractivity contribution is 7.99. The van der Waals surface area contributed by atoms with Crippen molar-refractivity contribution in [1.29, 1.82) is 0 Å². The van der Waals surface area contributed by atoms with Crippen LogP contribution in [0.15, 0.2) is 52.3 Å². The lowest BCUT2D eigenvalue weighted by atomic mass is 9.98. The van der Waals surface area contributed by atoms with Gasteiger partial charge in [0.05, 0.1) is 13.0 Å². The first kappa shape index (κ1) is 14.7. The van der Waals surface area contributed by atoms with E-state index in [9.17, 15) is 9.90 Å². The third-order valence-electron chi connectivity index (χ3n) is 3.78. The van der Waals surface area contributed by atoms with Gasteiger partial charge in [0.1, 0.15) is 5.76 Å². The average molecular weight is 312 g/mol. The van der Waals surface area contributed by atoms with Crippen molar-refractivity contribution in [3.63, 3.8) is 0 Å². The highest BCUT2D eigenvalue weighted by Gasteiger charge is 2.19. The zero-order chi connectivity index (χ0) is 15.7. The third-order valence-corrected chi connectivity index (χ3v) is 4.95. The van der Waals surface area contributed by atoms with Gasteiger partial charge in [-0.05, 0) is 42.3 Å². The van der Waals surface area contributed by atoms with E-state index < -0.39 is 11.9 Å². The molecule has 0 bridgehead atoms. The molecule has 1 aliphatic rings. The summed E-state index contributed by atoms with van der Waals surface area (Å²) in [5.74, 6) is -0.553. The highest BCUT2D eigenvalue weighted by Crippen LogP contribution is 2.41. The average Bonchev–Trinajstić information content (AvgIpc) is 2.69. The van der Waals surface area contributed by atoms with Crippen LogP contribution in [0.5, 0.6) is 0 Å². The summed E-state index contributed by atoms with van der Waals surface area (Å²) in [6, 6.07) is 13.9. The van der Waals surface area contributed by atoms with Crippen LogP contribution in [0.4, 0.5) is 0 Å². The van der Waals surface area contributed by atoms with Gasteiger partial charge < -0.3 is 9.84 Å². The lowest BCUT2D eigenvalue weighted by Gasteiger charge is -2.10. The van der Waals surface area contributed by atoms with Crippen molar-refractivity contribution in [1.82, 2.24) is 0 Å². The molecule has 3 rings (SSSR count). The van der Waals surface area contributed by atoms with Crippen LogP contribution in [0.2, 0.25) is 0 Å². The summed E-state index contributed by atoms with van der Waals surface area (Å²) in [4.78, 5) is 13.4. The number of hydrogen-bond donors (Lipinski definition) is 1. The number of fused-ring (bicyclic) bond motifs is 2. The van der Waals surface area contributed by atoms with E-state index in [-0.39, 0.29) is 0 Å². The Morgan fingerprint density at radius 3 is 2.68 bits per heavy atom. The van der Waals surface area contributed by atoms with Gasteiger partial charge in [-0.3, -0.25) is 4.79 Å². The SMILES string of the molecule is COC1=Cc2cc(C(C)C(=O)O)ccc2Sc2ccccc21. The zero-order valence-corrected chi connectivity index (χ0v) is 13.2. The number of carboxylic acid groups (broad SMARTS) is 1. The predicted molar refractivity (Wildman–Crippen MR) is 87.9 cm³/mol. The quantitative estimate of drug-likeness (QED) is 0.907. The van der Waals surface area contributed by atoms with Crippen molar-refractivity contribution in [3.8, 4) is 0 Å². The minimum Gasteiger partial charge on any atom is -0.496 e. The van der Waals surface area contributed by atoms with Crippen LogP contribution in [-0.4, -0.2) is 18.2 Å². The van der Waals surface area contributed by atoms with E-state index in [2.05, 4.69) is 6.07 Å². The molecule has 2 aromatic carbocycles. The molecule has 0 saturated heterocycles. The summed E-state index contributed by atoms with van der Waals surface area (Å²) in [6.07, 6.45) is 1.98. The second-order valence-corrected chi connectivity index (χ2v) is 6.25. The van der Waals surface area contributed by atoms with Crippen LogP contribution in [0.3, 0.4) is 0 Å². The van der Waals surface area contributed by atoms with Crippen LogP contribution in [0.25, 0.3) is 11.8 Å². The van der Waals surface area contributed by atoms with E-state index in [1.165, 1.54) is 0 Å². The largest absolute Gasteiger partial charge is 0.496 e. The summed E-state index contributed by atoms with van der Waals surface area (Å²) in [5, 5.41) is 9.19. The number of ether oxygens (including phenoxy) is 1. The van der Waals surface area contributed by atoms with E-state index in [1.807, 2.05) is 42.5 Å². The summed E-state index contributed by atoms with van der Waals surface area (Å²) in [6.45, 7) is 1.70. The Balaban J connectivity index is 2.13. The van der Waals surface area contributed by atoms with Crippen LogP contribution in [0, 0.1) is 0 Å². The minimum absolute atomic E-state index is 0.527. The number of carboxylic acids is 1. The molecule has 1 N–H and O–H groups in total. The number of benzene rings is 2. The van der Waals surface area contributed by atoms with E-state index in [0.717, 1.165) is 32.2 Å². The maximum atomic E-state index is 11.2. The molecule has 0 amide bonds. The molecule has 1 unspecified atom stereocenters. The monoisotopic (exact) mass is 312 g/mol. The van der Waals surface area contributed by atoms with Crippen LogP contribution < -0.4 is 0 Å². The fraction of sp³-hybridized carbons (Fsp3) is 0.167. The standard InChI is InChI=1S/C18H16O3S/c1-11(18(19)20)12-7-8-16-13(9-12)10-15(21-2)14-5-3-4-6-17(14)22-16/h3-11H,1-2H3,(H,19,20). The molecule has 0 spiro atoms. The van der Waals surface area contributed by atoms with E-state index >= 15 is 0 Å². The van der Waals surface area contributed by atoms with Crippen molar-refractivity contribution >= 4 is 29.6 Å². The fourth-order valence-corrected chi connectivity index (χ4v) is 3.48. The summed E-state index contributed by atoms with van der Waals surface area (Å²) < 4.78 is 5.53. The molecule has 4 heteroatoms. The Hall–Kier alpha value is -2.20. The first-order valence-corrected chi connectivity index (χ1v) is 7.81. The fourth-order valence-electron chi connectivity index (χ4n) is 2.45. The topological polar surface area (TPSA) is 46.5 Å². The number of methoxy groups -OCH3 is 1. The first-order valence-electron chi connectivity index (χ1n) is 7.00. The van der Waals surface area contributed by atoms with Crippen molar-refractivity contribution in [2.45, 2.75) is 22.6 Å². The van der Waals surface area contributed by atoms with Crippen LogP contribution >= 0.6 is 11.8 Å². The van der Waals surface area contributed by atoms with Crippen LogP contribution in [0.1, 0.15) is 29.5 Å². The third kappa shape index (κ3) is 2.62. The van der Waals surface area contributed by atoms with Gasteiger partial charge in [-0.15, -0.1) is 0 Å². The van der Waals surface area contributed by atoms with Crippen LogP contribution in [-0.2, 0) is 9.53 Å². The number of carbonyl (C=O) groups is 1. The first-order chi connectivity index (χ1) is 10.6. The maximum absolute atomic E-state index is 11.2. The van der Waals surface area contributed by atoms with Gasteiger partial charge >= 0.3 is 5.97 Å². The molecule has 1 heterocycles. The van der Waals surface area contributed by atoms with Gasteiger partial charge in [-0.1, -0.05) is 36.0 Å². The lowest BCUT2D eigenvalue weighted by molar-refractivity contribution is -0.138. The number of rotatable bonds is 3. The number of aliphatic carboxylic acids is 1. The zero-order valence-electron chi connectivity index (χ0n) is 12.4. The van der Waals surface area contributed by atoms with Crippen molar-refractivity contribution in [2.75, 3.05) is 7.11 Å². The molecular weight excluding hydrogens is 296 g/mol. The maximum Gasteiger partial charge on any atom is 0.310 e. The Labute approximate surface area is 133 Å². The molecule has 112 valence electrons.